The van der Waals surface area contributed by atoms with Gasteiger partial charge in [0.05, 0.1) is 65.5 Å². The number of para-hydroxylation sites is 1. The molecule has 0 saturated carbocycles. The van der Waals surface area contributed by atoms with E-state index in [1.54, 1.807) is 30.6 Å². The lowest BCUT2D eigenvalue weighted by Crippen LogP contribution is -2.57. The topological polar surface area (TPSA) is 146 Å². The van der Waals surface area contributed by atoms with Crippen LogP contribution in [0.25, 0.3) is 33.4 Å². The number of ether oxygens (including phenoxy) is 1. The molecule has 4 aliphatic rings. The van der Waals surface area contributed by atoms with Crippen molar-refractivity contribution in [3.05, 3.63) is 101 Å². The van der Waals surface area contributed by atoms with Gasteiger partial charge in [-0.15, -0.1) is 0 Å². The van der Waals surface area contributed by atoms with Gasteiger partial charge in [0.2, 0.25) is 5.91 Å². The van der Waals surface area contributed by atoms with Crippen molar-refractivity contribution in [1.82, 2.24) is 39.8 Å². The third kappa shape index (κ3) is 8.73. The number of imide groups is 1. The average molecular weight is 843 g/mol. The van der Waals surface area contributed by atoms with Gasteiger partial charge in [0.25, 0.3) is 11.8 Å². The second-order valence-corrected chi connectivity index (χ2v) is 16.5. The number of aromatic nitrogens is 4. The molecule has 6 heterocycles. The molecule has 2 aromatic heterocycles. The van der Waals surface area contributed by atoms with Gasteiger partial charge < -0.3 is 20.1 Å². The Bertz CT molecular complexity index is 2550. The first-order chi connectivity index (χ1) is 30.2. The molecule has 2 N–H and O–H groups in total. The van der Waals surface area contributed by atoms with Crippen LogP contribution in [0.2, 0.25) is 0 Å². The molecule has 0 aliphatic carbocycles. The summed E-state index contributed by atoms with van der Waals surface area (Å²) in [7, 11) is 0. The molecule has 5 aromatic rings. The summed E-state index contributed by atoms with van der Waals surface area (Å²) in [6.45, 7) is 5.54. The molecular formula is C47H48F2N8O5. The van der Waals surface area contributed by atoms with Gasteiger partial charge in [-0.3, -0.25) is 33.8 Å². The van der Waals surface area contributed by atoms with Crippen molar-refractivity contribution in [2.45, 2.75) is 76.2 Å². The monoisotopic (exact) mass is 842 g/mol. The fourth-order valence-corrected chi connectivity index (χ4v) is 8.94. The fourth-order valence-electron chi connectivity index (χ4n) is 8.94. The Balaban J connectivity index is 0.743. The van der Waals surface area contributed by atoms with E-state index in [4.69, 9.17) is 14.8 Å². The summed E-state index contributed by atoms with van der Waals surface area (Å²) in [6.07, 6.45) is 10.3. The standard InChI is InChI=1S/C47H48F2N8O5/c48-38-24-31(25-39(49)37(38)29-55-19-21-62-22-20-55)34-8-6-9-40-44(34)52-41(27-50-40)32-26-51-56(28-32)33-14-17-54(18-15-33)16-5-3-1-2-4-7-30-10-11-35-36(23-30)47(61)57(46(35)60)42-12-13-43(58)53-45(42)59/h6,8-11,23-28,33,42,45,59H,1-3,5,12-22,29H2,(H,53,58). The van der Waals surface area contributed by atoms with E-state index in [0.29, 0.717) is 59.7 Å². The van der Waals surface area contributed by atoms with E-state index in [-0.39, 0.29) is 48.0 Å². The maximum absolute atomic E-state index is 15.4. The molecule has 3 amide bonds. The number of carbonyl (C=O) groups excluding carboxylic acids is 3. The normalized spacial score (nSPS) is 20.0. The second-order valence-electron chi connectivity index (χ2n) is 16.5. The van der Waals surface area contributed by atoms with Crippen molar-refractivity contribution in [3.63, 3.8) is 0 Å². The SMILES string of the molecule is O=C1CCC(N2C(=O)c3ccc(C#CCCCCCN4CCC(n5cc(-c6cnc7cccc(-c8cc(F)c(CN9CCOCC9)c(F)c8)c7n6)cn5)CC4)cc3C2=O)C(O)N1. The van der Waals surface area contributed by atoms with Gasteiger partial charge in [0, 0.05) is 74.0 Å². The summed E-state index contributed by atoms with van der Waals surface area (Å²) >= 11 is 0. The quantitative estimate of drug-likeness (QED) is 0.0964. The number of aliphatic hydroxyl groups is 1. The highest BCUT2D eigenvalue weighted by atomic mass is 19.1. The van der Waals surface area contributed by atoms with Crippen LogP contribution >= 0.6 is 0 Å². The van der Waals surface area contributed by atoms with Gasteiger partial charge in [-0.1, -0.05) is 30.4 Å². The number of rotatable bonds is 11. The molecule has 15 heteroatoms. The zero-order valence-corrected chi connectivity index (χ0v) is 34.4. The maximum Gasteiger partial charge on any atom is 0.262 e. The van der Waals surface area contributed by atoms with Gasteiger partial charge >= 0.3 is 0 Å². The molecule has 62 heavy (non-hydrogen) atoms. The predicted molar refractivity (Wildman–Crippen MR) is 226 cm³/mol. The number of benzene rings is 3. The Morgan fingerprint density at radius 1 is 0.839 bits per heavy atom. The largest absolute Gasteiger partial charge is 0.379 e. The number of carbonyl (C=O) groups is 3. The Kier molecular flexibility index (Phi) is 12.2. The minimum Gasteiger partial charge on any atom is -0.379 e. The fraction of sp³-hybridized carbons (Fsp3) is 0.404. The molecule has 9 rings (SSSR count). The number of nitrogens with one attached hydrogen (secondary N) is 1. The molecule has 0 bridgehead atoms. The number of morpholine rings is 1. The molecule has 2 atom stereocenters. The molecular weight excluding hydrogens is 795 g/mol. The number of fused-ring (bicyclic) bond motifs is 2. The number of hydrogen-bond acceptors (Lipinski definition) is 10. The Morgan fingerprint density at radius 3 is 2.42 bits per heavy atom. The number of hydrogen-bond donors (Lipinski definition) is 2. The van der Waals surface area contributed by atoms with Crippen molar-refractivity contribution < 1.29 is 33.0 Å². The third-order valence-electron chi connectivity index (χ3n) is 12.4. The van der Waals surface area contributed by atoms with Crippen molar-refractivity contribution in [2.75, 3.05) is 45.9 Å². The first-order valence-electron chi connectivity index (χ1n) is 21.5. The van der Waals surface area contributed by atoms with Gasteiger partial charge in [-0.05, 0) is 80.6 Å². The molecule has 320 valence electrons. The number of unbranched alkanes of at least 4 members (excludes halogenated alkanes) is 3. The molecule has 0 radical (unpaired) electrons. The maximum atomic E-state index is 15.4. The average Bonchev–Trinajstić information content (AvgIpc) is 3.87. The highest BCUT2D eigenvalue weighted by molar-refractivity contribution is 6.21. The highest BCUT2D eigenvalue weighted by Gasteiger charge is 2.44. The lowest BCUT2D eigenvalue weighted by molar-refractivity contribution is -0.129. The Labute approximate surface area is 358 Å². The summed E-state index contributed by atoms with van der Waals surface area (Å²) in [4.78, 5) is 52.9. The van der Waals surface area contributed by atoms with E-state index in [1.807, 2.05) is 34.0 Å². The molecule has 3 aromatic carbocycles. The molecule has 0 spiro atoms. The molecule has 13 nitrogen and oxygen atoms in total. The zero-order valence-electron chi connectivity index (χ0n) is 34.4. The van der Waals surface area contributed by atoms with Crippen LogP contribution in [0, 0.1) is 23.5 Å². The van der Waals surface area contributed by atoms with E-state index in [1.165, 1.54) is 12.1 Å². The number of aliphatic hydroxyl groups excluding tert-OH is 1. The van der Waals surface area contributed by atoms with E-state index in [0.717, 1.165) is 68.6 Å². The Hall–Kier alpha value is -5.92. The summed E-state index contributed by atoms with van der Waals surface area (Å²) in [6, 6.07) is 12.7. The van der Waals surface area contributed by atoms with Crippen LogP contribution in [-0.4, -0.2) is 115 Å². The summed E-state index contributed by atoms with van der Waals surface area (Å²) in [5.74, 6) is 3.92. The number of halogens is 2. The highest BCUT2D eigenvalue weighted by Crippen LogP contribution is 2.33. The first kappa shape index (κ1) is 41.4. The predicted octanol–water partition coefficient (Wildman–Crippen LogP) is 5.71. The number of amides is 3. The minimum absolute atomic E-state index is 0.0567. The smallest absolute Gasteiger partial charge is 0.262 e. The lowest BCUT2D eigenvalue weighted by Gasteiger charge is -2.33. The van der Waals surface area contributed by atoms with Gasteiger partial charge in [-0.2, -0.15) is 5.10 Å². The van der Waals surface area contributed by atoms with Crippen LogP contribution in [0.15, 0.2) is 67.1 Å². The van der Waals surface area contributed by atoms with Crippen LogP contribution in [0.3, 0.4) is 0 Å². The summed E-state index contributed by atoms with van der Waals surface area (Å²) in [5, 5.41) is 17.4. The number of likely N-dealkylation sites (tertiary alicyclic amines) is 1. The summed E-state index contributed by atoms with van der Waals surface area (Å²) in [5.41, 5.74) is 4.96. The van der Waals surface area contributed by atoms with Crippen molar-refractivity contribution in [3.8, 4) is 34.2 Å². The minimum atomic E-state index is -1.29. The van der Waals surface area contributed by atoms with Crippen molar-refractivity contribution >= 4 is 28.8 Å². The molecule has 2 unspecified atom stereocenters. The lowest BCUT2D eigenvalue weighted by atomic mass is 10.0. The van der Waals surface area contributed by atoms with E-state index < -0.39 is 35.7 Å². The second kappa shape index (κ2) is 18.2. The third-order valence-corrected chi connectivity index (χ3v) is 12.4. The van der Waals surface area contributed by atoms with Crippen LogP contribution < -0.4 is 5.32 Å². The van der Waals surface area contributed by atoms with Crippen LogP contribution in [0.1, 0.15) is 89.3 Å². The number of nitrogens with zero attached hydrogens (tertiary/aromatic N) is 7. The van der Waals surface area contributed by atoms with Crippen LogP contribution in [-0.2, 0) is 16.1 Å². The number of piperidine rings is 2. The molecule has 3 saturated heterocycles. The van der Waals surface area contributed by atoms with Crippen LogP contribution in [0.4, 0.5) is 8.78 Å². The summed E-state index contributed by atoms with van der Waals surface area (Å²) < 4.78 is 38.2. The van der Waals surface area contributed by atoms with Gasteiger partial charge in [0.1, 0.15) is 17.9 Å². The molecule has 4 aliphatic heterocycles. The molecule has 3 fully saturated rings. The first-order valence-corrected chi connectivity index (χ1v) is 21.5. The van der Waals surface area contributed by atoms with E-state index in [2.05, 4.69) is 27.0 Å². The van der Waals surface area contributed by atoms with Gasteiger partial charge in [-0.25, -0.2) is 13.8 Å². The van der Waals surface area contributed by atoms with Gasteiger partial charge in [0.15, 0.2) is 0 Å². The Morgan fingerprint density at radius 2 is 1.63 bits per heavy atom. The van der Waals surface area contributed by atoms with Crippen molar-refractivity contribution in [1.29, 1.82) is 0 Å². The van der Waals surface area contributed by atoms with Crippen LogP contribution in [0.5, 0.6) is 0 Å². The zero-order chi connectivity index (χ0) is 42.7. The van der Waals surface area contributed by atoms with Crippen molar-refractivity contribution in [2.24, 2.45) is 0 Å². The van der Waals surface area contributed by atoms with E-state index in [9.17, 15) is 19.5 Å². The van der Waals surface area contributed by atoms with E-state index >= 15 is 8.78 Å².